The molecule has 1 aromatic heterocycles. The summed E-state index contributed by atoms with van der Waals surface area (Å²) in [5, 5.41) is 11.4. The number of anilines is 4. The van der Waals surface area contributed by atoms with Crippen LogP contribution in [0.3, 0.4) is 0 Å². The van der Waals surface area contributed by atoms with Gasteiger partial charge in [-0.1, -0.05) is 0 Å². The van der Waals surface area contributed by atoms with Gasteiger partial charge >= 0.3 is 0 Å². The van der Waals surface area contributed by atoms with Crippen LogP contribution in [0.25, 0.3) is 0 Å². The third kappa shape index (κ3) is 2.85. The summed E-state index contributed by atoms with van der Waals surface area (Å²) in [4.78, 5) is 7.69. The molecule has 7 nitrogen and oxygen atoms in total. The van der Waals surface area contributed by atoms with Crippen LogP contribution in [0.2, 0.25) is 0 Å². The van der Waals surface area contributed by atoms with Crippen molar-refractivity contribution in [2.75, 3.05) is 16.5 Å². The smallest absolute Gasteiger partial charge is 0.223 e. The molecular formula is C11H10FN7. The fourth-order valence-corrected chi connectivity index (χ4v) is 1.43. The first-order valence-corrected chi connectivity index (χ1v) is 5.20. The van der Waals surface area contributed by atoms with Crippen molar-refractivity contribution in [3.05, 3.63) is 35.6 Å². The van der Waals surface area contributed by atoms with Crippen LogP contribution >= 0.6 is 0 Å². The Labute approximate surface area is 108 Å². The molecule has 0 saturated carbocycles. The highest BCUT2D eigenvalue weighted by molar-refractivity contribution is 5.61. The van der Waals surface area contributed by atoms with Crippen molar-refractivity contribution < 1.29 is 4.39 Å². The first-order valence-electron chi connectivity index (χ1n) is 5.20. The summed E-state index contributed by atoms with van der Waals surface area (Å²) < 4.78 is 13.7. The number of halogens is 1. The predicted molar refractivity (Wildman–Crippen MR) is 68.7 cm³/mol. The van der Waals surface area contributed by atoms with E-state index in [0.29, 0.717) is 5.82 Å². The van der Waals surface area contributed by atoms with Crippen LogP contribution in [0.4, 0.5) is 27.7 Å². The molecule has 0 aliphatic rings. The number of nitrogens with one attached hydrogen (secondary N) is 2. The van der Waals surface area contributed by atoms with Crippen LogP contribution in [0.15, 0.2) is 24.3 Å². The molecule has 0 radical (unpaired) electrons. The maximum atomic E-state index is 13.7. The van der Waals surface area contributed by atoms with Gasteiger partial charge in [0.2, 0.25) is 5.95 Å². The molecule has 2 rings (SSSR count). The number of hydrazine groups is 1. The minimum atomic E-state index is -0.571. The molecule has 0 aliphatic heterocycles. The zero-order valence-electron chi connectivity index (χ0n) is 9.68. The standard InChI is InChI=1S/C11H10FN7/c12-7-3-6(5-13)1-2-8(7)16-9-4-10(19-15)18-11(14)17-9/h1-4H,15H2,(H4,14,16,17,18,19). The number of hydrogen-bond donors (Lipinski definition) is 4. The molecule has 1 aromatic carbocycles. The number of nitrogens with zero attached hydrogens (tertiary/aromatic N) is 3. The van der Waals surface area contributed by atoms with Gasteiger partial charge in [0.25, 0.3) is 0 Å². The number of rotatable bonds is 3. The van der Waals surface area contributed by atoms with Crippen LogP contribution in [0.1, 0.15) is 5.56 Å². The number of nitriles is 1. The van der Waals surface area contributed by atoms with Crippen molar-refractivity contribution in [3.8, 4) is 6.07 Å². The van der Waals surface area contributed by atoms with Crippen molar-refractivity contribution in [2.45, 2.75) is 0 Å². The highest BCUT2D eigenvalue weighted by Crippen LogP contribution is 2.21. The molecular weight excluding hydrogens is 249 g/mol. The second-order valence-corrected chi connectivity index (χ2v) is 3.57. The van der Waals surface area contributed by atoms with Crippen molar-refractivity contribution in [2.24, 2.45) is 5.84 Å². The van der Waals surface area contributed by atoms with Crippen LogP contribution in [0, 0.1) is 17.1 Å². The number of hydrogen-bond acceptors (Lipinski definition) is 7. The van der Waals surface area contributed by atoms with E-state index in [1.165, 1.54) is 18.2 Å². The van der Waals surface area contributed by atoms with E-state index in [-0.39, 0.29) is 23.0 Å². The van der Waals surface area contributed by atoms with Gasteiger partial charge in [-0.05, 0) is 18.2 Å². The summed E-state index contributed by atoms with van der Waals surface area (Å²) in [6.07, 6.45) is 0. The van der Waals surface area contributed by atoms with E-state index in [4.69, 9.17) is 16.8 Å². The molecule has 0 amide bonds. The van der Waals surface area contributed by atoms with E-state index in [1.807, 2.05) is 6.07 Å². The Bertz CT molecular complexity index is 650. The van der Waals surface area contributed by atoms with Crippen molar-refractivity contribution in [1.29, 1.82) is 5.26 Å². The minimum absolute atomic E-state index is 0.00740. The topological polar surface area (TPSA) is 126 Å². The molecule has 0 bridgehead atoms. The summed E-state index contributed by atoms with van der Waals surface area (Å²) in [6.45, 7) is 0. The van der Waals surface area contributed by atoms with Crippen molar-refractivity contribution in [1.82, 2.24) is 9.97 Å². The van der Waals surface area contributed by atoms with Crippen molar-refractivity contribution in [3.63, 3.8) is 0 Å². The summed E-state index contributed by atoms with van der Waals surface area (Å²) in [5.41, 5.74) is 8.19. The number of nitrogen functional groups attached to an aromatic ring is 2. The van der Waals surface area contributed by atoms with Crippen molar-refractivity contribution >= 4 is 23.3 Å². The largest absolute Gasteiger partial charge is 0.368 e. The zero-order valence-corrected chi connectivity index (χ0v) is 9.68. The highest BCUT2D eigenvalue weighted by Gasteiger charge is 2.06. The Morgan fingerprint density at radius 1 is 1.21 bits per heavy atom. The lowest BCUT2D eigenvalue weighted by Gasteiger charge is -2.08. The van der Waals surface area contributed by atoms with Gasteiger partial charge in [-0.15, -0.1) is 0 Å². The molecule has 0 fully saturated rings. The zero-order chi connectivity index (χ0) is 13.8. The normalized spacial score (nSPS) is 9.74. The predicted octanol–water partition coefficient (Wildman–Crippen LogP) is 1.10. The Hall–Kier alpha value is -2.92. The van der Waals surface area contributed by atoms with Crippen LogP contribution in [-0.4, -0.2) is 9.97 Å². The van der Waals surface area contributed by atoms with E-state index < -0.39 is 5.82 Å². The molecule has 8 heteroatoms. The van der Waals surface area contributed by atoms with Gasteiger partial charge < -0.3 is 16.5 Å². The molecule has 0 spiro atoms. The van der Waals surface area contributed by atoms with Crippen LogP contribution < -0.4 is 22.3 Å². The van der Waals surface area contributed by atoms with Gasteiger partial charge in [0.05, 0.1) is 17.3 Å². The first-order chi connectivity index (χ1) is 9.12. The lowest BCUT2D eigenvalue weighted by atomic mass is 10.2. The minimum Gasteiger partial charge on any atom is -0.368 e. The van der Waals surface area contributed by atoms with Gasteiger partial charge in [-0.3, -0.25) is 0 Å². The molecule has 0 atom stereocenters. The molecule has 0 unspecified atom stereocenters. The summed E-state index contributed by atoms with van der Waals surface area (Å²) in [6, 6.07) is 7.35. The monoisotopic (exact) mass is 259 g/mol. The average Bonchev–Trinajstić information content (AvgIpc) is 2.40. The highest BCUT2D eigenvalue weighted by atomic mass is 19.1. The van der Waals surface area contributed by atoms with E-state index in [1.54, 1.807) is 0 Å². The fourth-order valence-electron chi connectivity index (χ4n) is 1.43. The summed E-state index contributed by atoms with van der Waals surface area (Å²) in [5.74, 6) is 5.21. The Morgan fingerprint density at radius 3 is 2.58 bits per heavy atom. The SMILES string of the molecule is N#Cc1ccc(Nc2cc(NN)nc(N)n2)c(F)c1. The van der Waals surface area contributed by atoms with E-state index >= 15 is 0 Å². The second kappa shape index (κ2) is 5.16. The molecule has 6 N–H and O–H groups in total. The number of benzene rings is 1. The fraction of sp³-hybridized carbons (Fsp3) is 0. The lowest BCUT2D eigenvalue weighted by Crippen LogP contribution is -2.11. The Balaban J connectivity index is 2.31. The number of nitrogens with two attached hydrogens (primary N) is 2. The lowest BCUT2D eigenvalue weighted by molar-refractivity contribution is 0.631. The maximum absolute atomic E-state index is 13.7. The third-order valence-corrected chi connectivity index (χ3v) is 2.25. The molecule has 0 saturated heterocycles. The Morgan fingerprint density at radius 2 is 1.95 bits per heavy atom. The van der Waals surface area contributed by atoms with Gasteiger partial charge in [0, 0.05) is 6.07 Å². The van der Waals surface area contributed by atoms with Crippen LogP contribution in [-0.2, 0) is 0 Å². The first kappa shape index (κ1) is 12.5. The molecule has 19 heavy (non-hydrogen) atoms. The molecule has 0 aliphatic carbocycles. The van der Waals surface area contributed by atoms with E-state index in [2.05, 4.69) is 20.7 Å². The van der Waals surface area contributed by atoms with E-state index in [0.717, 1.165) is 6.07 Å². The third-order valence-electron chi connectivity index (χ3n) is 2.25. The van der Waals surface area contributed by atoms with Gasteiger partial charge in [-0.2, -0.15) is 15.2 Å². The molecule has 96 valence electrons. The number of aromatic nitrogens is 2. The van der Waals surface area contributed by atoms with Gasteiger partial charge in [-0.25, -0.2) is 10.2 Å². The van der Waals surface area contributed by atoms with Crippen LogP contribution in [0.5, 0.6) is 0 Å². The van der Waals surface area contributed by atoms with Gasteiger partial charge in [0.1, 0.15) is 17.5 Å². The Kier molecular flexibility index (Phi) is 3.40. The summed E-state index contributed by atoms with van der Waals surface area (Å²) >= 11 is 0. The quantitative estimate of drug-likeness (QED) is 0.480. The van der Waals surface area contributed by atoms with E-state index in [9.17, 15) is 4.39 Å². The second-order valence-electron chi connectivity index (χ2n) is 3.57. The molecule has 1 heterocycles. The molecule has 2 aromatic rings. The van der Waals surface area contributed by atoms with Gasteiger partial charge in [0.15, 0.2) is 0 Å². The summed E-state index contributed by atoms with van der Waals surface area (Å²) in [7, 11) is 0. The average molecular weight is 259 g/mol. The maximum Gasteiger partial charge on any atom is 0.223 e.